The van der Waals surface area contributed by atoms with Gasteiger partial charge in [-0.3, -0.25) is 0 Å². The van der Waals surface area contributed by atoms with Gasteiger partial charge in [0, 0.05) is 11.6 Å². The van der Waals surface area contributed by atoms with Gasteiger partial charge in [0.1, 0.15) is 11.5 Å². The maximum Gasteiger partial charge on any atom is 0.333 e. The molecular formula is C17H22O4. The van der Waals surface area contributed by atoms with Crippen molar-refractivity contribution in [3.63, 3.8) is 0 Å². The van der Waals surface area contributed by atoms with E-state index in [4.69, 9.17) is 14.2 Å². The van der Waals surface area contributed by atoms with Crippen molar-refractivity contribution in [1.29, 1.82) is 0 Å². The van der Waals surface area contributed by atoms with Crippen molar-refractivity contribution in [1.82, 2.24) is 0 Å². The minimum Gasteiger partial charge on any atom is -0.497 e. The molecule has 1 aliphatic carbocycles. The van der Waals surface area contributed by atoms with Crippen LogP contribution in [0.25, 0.3) is 0 Å². The van der Waals surface area contributed by atoms with Gasteiger partial charge in [0.05, 0.1) is 20.8 Å². The Morgan fingerprint density at radius 1 is 1.10 bits per heavy atom. The van der Waals surface area contributed by atoms with Crippen LogP contribution in [0.5, 0.6) is 11.5 Å². The van der Waals surface area contributed by atoms with Crippen LogP contribution in [0.15, 0.2) is 29.3 Å². The molecule has 1 aliphatic rings. The van der Waals surface area contributed by atoms with Gasteiger partial charge in [0.25, 0.3) is 0 Å². The minimum absolute atomic E-state index is 0.167. The number of benzene rings is 1. The van der Waals surface area contributed by atoms with E-state index in [1.807, 2.05) is 25.1 Å². The molecule has 1 aromatic carbocycles. The quantitative estimate of drug-likeness (QED) is 0.754. The summed E-state index contributed by atoms with van der Waals surface area (Å²) in [6, 6.07) is 5.81. The van der Waals surface area contributed by atoms with E-state index in [9.17, 15) is 4.79 Å². The molecule has 0 aromatic heterocycles. The zero-order valence-corrected chi connectivity index (χ0v) is 12.9. The lowest BCUT2D eigenvalue weighted by molar-refractivity contribution is -0.138. The summed E-state index contributed by atoms with van der Waals surface area (Å²) in [6.07, 6.45) is 3.52. The molecule has 0 fully saturated rings. The number of rotatable bonds is 6. The van der Waals surface area contributed by atoms with Crippen LogP contribution in [0.1, 0.15) is 31.7 Å². The van der Waals surface area contributed by atoms with Crippen LogP contribution in [0.4, 0.5) is 0 Å². The van der Waals surface area contributed by atoms with Crippen LogP contribution >= 0.6 is 0 Å². The highest BCUT2D eigenvalue weighted by Gasteiger charge is 2.22. The molecular weight excluding hydrogens is 268 g/mol. The van der Waals surface area contributed by atoms with Gasteiger partial charge in [-0.1, -0.05) is 5.57 Å². The van der Waals surface area contributed by atoms with E-state index in [-0.39, 0.29) is 5.97 Å². The van der Waals surface area contributed by atoms with Crippen LogP contribution < -0.4 is 9.47 Å². The molecule has 0 saturated heterocycles. The van der Waals surface area contributed by atoms with Gasteiger partial charge in [0.15, 0.2) is 0 Å². The molecule has 0 heterocycles. The highest BCUT2D eigenvalue weighted by Crippen LogP contribution is 2.32. The second kappa shape index (κ2) is 7.16. The monoisotopic (exact) mass is 290 g/mol. The topological polar surface area (TPSA) is 44.8 Å². The number of allylic oxidation sites excluding steroid dienone is 1. The van der Waals surface area contributed by atoms with Crippen molar-refractivity contribution in [2.75, 3.05) is 20.8 Å². The van der Waals surface area contributed by atoms with Crippen molar-refractivity contribution >= 4 is 5.97 Å². The first-order valence-electron chi connectivity index (χ1n) is 7.28. The van der Waals surface area contributed by atoms with Crippen molar-refractivity contribution in [3.8, 4) is 11.5 Å². The molecule has 0 unspecified atom stereocenters. The molecule has 21 heavy (non-hydrogen) atoms. The van der Waals surface area contributed by atoms with Gasteiger partial charge >= 0.3 is 5.97 Å². The second-order valence-electron chi connectivity index (χ2n) is 5.05. The maximum absolute atomic E-state index is 12.0. The Balaban J connectivity index is 2.23. The van der Waals surface area contributed by atoms with Gasteiger partial charge in [0.2, 0.25) is 0 Å². The zero-order chi connectivity index (χ0) is 15.2. The molecule has 1 aromatic rings. The van der Waals surface area contributed by atoms with E-state index in [1.54, 1.807) is 14.2 Å². The number of methoxy groups -OCH3 is 2. The van der Waals surface area contributed by atoms with Gasteiger partial charge in [-0.25, -0.2) is 4.79 Å². The first kappa shape index (κ1) is 15.4. The fraction of sp³-hybridized carbons (Fsp3) is 0.471. The van der Waals surface area contributed by atoms with Crippen LogP contribution in [0, 0.1) is 0 Å². The van der Waals surface area contributed by atoms with E-state index in [1.165, 1.54) is 5.57 Å². The molecule has 2 rings (SSSR count). The van der Waals surface area contributed by atoms with Gasteiger partial charge in [-0.15, -0.1) is 0 Å². The Morgan fingerprint density at radius 2 is 1.76 bits per heavy atom. The Bertz CT molecular complexity index is 523. The van der Waals surface area contributed by atoms with Gasteiger partial charge in [-0.05, 0) is 50.3 Å². The van der Waals surface area contributed by atoms with E-state index in [0.29, 0.717) is 6.61 Å². The first-order chi connectivity index (χ1) is 10.2. The molecule has 0 saturated carbocycles. The Morgan fingerprint density at radius 3 is 2.33 bits per heavy atom. The normalized spacial score (nSPS) is 14.2. The summed E-state index contributed by atoms with van der Waals surface area (Å²) in [5.41, 5.74) is 3.10. The summed E-state index contributed by atoms with van der Waals surface area (Å²) in [5.74, 6) is 1.36. The molecule has 0 bridgehead atoms. The van der Waals surface area contributed by atoms with Crippen molar-refractivity contribution in [2.45, 2.75) is 32.6 Å². The second-order valence-corrected chi connectivity index (χ2v) is 5.05. The van der Waals surface area contributed by atoms with E-state index < -0.39 is 0 Å². The smallest absolute Gasteiger partial charge is 0.333 e. The fourth-order valence-electron chi connectivity index (χ4n) is 2.68. The first-order valence-corrected chi connectivity index (χ1v) is 7.28. The third kappa shape index (κ3) is 3.78. The summed E-state index contributed by atoms with van der Waals surface area (Å²) in [7, 11) is 3.27. The average Bonchev–Trinajstić information content (AvgIpc) is 2.95. The predicted molar refractivity (Wildman–Crippen MR) is 80.8 cm³/mol. The highest BCUT2D eigenvalue weighted by atomic mass is 16.5. The number of esters is 1. The zero-order valence-electron chi connectivity index (χ0n) is 12.9. The van der Waals surface area contributed by atoms with Crippen LogP contribution in [-0.4, -0.2) is 26.8 Å². The summed E-state index contributed by atoms with van der Waals surface area (Å²) in [5, 5.41) is 0. The Labute approximate surface area is 125 Å². The summed E-state index contributed by atoms with van der Waals surface area (Å²) < 4.78 is 15.7. The molecule has 0 atom stereocenters. The van der Waals surface area contributed by atoms with Crippen molar-refractivity contribution in [3.05, 3.63) is 34.9 Å². The van der Waals surface area contributed by atoms with Crippen molar-refractivity contribution < 1.29 is 19.0 Å². The van der Waals surface area contributed by atoms with Crippen LogP contribution in [-0.2, 0) is 16.0 Å². The minimum atomic E-state index is -0.167. The molecule has 0 amide bonds. The van der Waals surface area contributed by atoms with E-state index in [0.717, 1.165) is 48.3 Å². The largest absolute Gasteiger partial charge is 0.497 e. The number of hydrogen-bond acceptors (Lipinski definition) is 4. The standard InChI is InChI=1S/C17H22O4/c1-4-21-17(18)16-7-5-6-13(16)8-12-9-14(19-2)11-15(10-12)20-3/h9-11H,4-8H2,1-3H3. The molecule has 4 nitrogen and oxygen atoms in total. The SMILES string of the molecule is CCOC(=O)C1=C(Cc2cc(OC)cc(OC)c2)CCC1. The van der Waals surface area contributed by atoms with Gasteiger partial charge in [-0.2, -0.15) is 0 Å². The summed E-state index contributed by atoms with van der Waals surface area (Å²) in [6.45, 7) is 2.25. The molecule has 0 radical (unpaired) electrons. The summed E-state index contributed by atoms with van der Waals surface area (Å²) >= 11 is 0. The molecule has 114 valence electrons. The highest BCUT2D eigenvalue weighted by molar-refractivity contribution is 5.90. The number of ether oxygens (including phenoxy) is 3. The molecule has 0 spiro atoms. The lowest BCUT2D eigenvalue weighted by atomic mass is 10.0. The lowest BCUT2D eigenvalue weighted by Gasteiger charge is -2.10. The van der Waals surface area contributed by atoms with Crippen LogP contribution in [0.2, 0.25) is 0 Å². The Hall–Kier alpha value is -1.97. The maximum atomic E-state index is 12.0. The fourth-order valence-corrected chi connectivity index (χ4v) is 2.68. The van der Waals surface area contributed by atoms with E-state index >= 15 is 0 Å². The molecule has 4 heteroatoms. The van der Waals surface area contributed by atoms with Gasteiger partial charge < -0.3 is 14.2 Å². The predicted octanol–water partition coefficient (Wildman–Crippen LogP) is 3.29. The summed E-state index contributed by atoms with van der Waals surface area (Å²) in [4.78, 5) is 12.0. The van der Waals surface area contributed by atoms with Crippen LogP contribution in [0.3, 0.4) is 0 Å². The Kier molecular flexibility index (Phi) is 5.26. The third-order valence-corrected chi connectivity index (χ3v) is 3.68. The molecule has 0 aliphatic heterocycles. The number of carbonyl (C=O) groups is 1. The average molecular weight is 290 g/mol. The number of carbonyl (C=O) groups excluding carboxylic acids is 1. The third-order valence-electron chi connectivity index (χ3n) is 3.68. The molecule has 0 N–H and O–H groups in total. The number of hydrogen-bond donors (Lipinski definition) is 0. The van der Waals surface area contributed by atoms with E-state index in [2.05, 4.69) is 0 Å². The lowest BCUT2D eigenvalue weighted by Crippen LogP contribution is -2.08. The van der Waals surface area contributed by atoms with Crippen molar-refractivity contribution in [2.24, 2.45) is 0 Å².